The Bertz CT molecular complexity index is 503. The molecule has 0 saturated carbocycles. The lowest BCUT2D eigenvalue weighted by Gasteiger charge is -2.35. The Kier molecular flexibility index (Phi) is 3.51. The van der Waals surface area contributed by atoms with Gasteiger partial charge in [-0.15, -0.1) is 0 Å². The molecule has 1 heterocycles. The maximum atomic E-state index is 13.0. The van der Waals surface area contributed by atoms with Crippen molar-refractivity contribution in [3.63, 3.8) is 0 Å². The van der Waals surface area contributed by atoms with E-state index < -0.39 is 11.9 Å². The molecule has 7 heteroatoms. The SMILES string of the molecule is O=C(Nc1cc(F)ccc1Br)C1CN(C(=O)O)C1. The Morgan fingerprint density at radius 1 is 1.44 bits per heavy atom. The van der Waals surface area contributed by atoms with E-state index in [9.17, 15) is 14.0 Å². The van der Waals surface area contributed by atoms with Crippen LogP contribution in [0.3, 0.4) is 0 Å². The van der Waals surface area contributed by atoms with Gasteiger partial charge in [0.25, 0.3) is 0 Å². The lowest BCUT2D eigenvalue weighted by molar-refractivity contribution is -0.123. The first-order chi connectivity index (χ1) is 8.47. The first-order valence-corrected chi connectivity index (χ1v) is 6.00. The van der Waals surface area contributed by atoms with Gasteiger partial charge in [0.2, 0.25) is 5.91 Å². The van der Waals surface area contributed by atoms with Crippen molar-refractivity contribution in [2.45, 2.75) is 0 Å². The van der Waals surface area contributed by atoms with E-state index in [0.29, 0.717) is 10.2 Å². The molecule has 1 fully saturated rings. The summed E-state index contributed by atoms with van der Waals surface area (Å²) in [6.45, 7) is 0.349. The smallest absolute Gasteiger partial charge is 0.407 e. The van der Waals surface area contributed by atoms with Gasteiger partial charge in [-0.05, 0) is 34.1 Å². The quantitative estimate of drug-likeness (QED) is 0.878. The van der Waals surface area contributed by atoms with Gasteiger partial charge < -0.3 is 15.3 Å². The Balaban J connectivity index is 1.96. The van der Waals surface area contributed by atoms with Crippen LogP contribution in [-0.2, 0) is 4.79 Å². The van der Waals surface area contributed by atoms with Gasteiger partial charge in [0, 0.05) is 17.6 Å². The number of carboxylic acid groups (broad SMARTS) is 1. The maximum Gasteiger partial charge on any atom is 0.407 e. The minimum atomic E-state index is -1.04. The summed E-state index contributed by atoms with van der Waals surface area (Å²) in [5.41, 5.74) is 0.341. The lowest BCUT2D eigenvalue weighted by atomic mass is 10.00. The summed E-state index contributed by atoms with van der Waals surface area (Å²) in [6, 6.07) is 3.97. The van der Waals surface area contributed by atoms with Gasteiger partial charge in [0.15, 0.2) is 0 Å². The molecular formula is C11H10BrFN2O3. The van der Waals surface area contributed by atoms with Crippen molar-refractivity contribution in [2.24, 2.45) is 5.92 Å². The fourth-order valence-corrected chi connectivity index (χ4v) is 1.97. The highest BCUT2D eigenvalue weighted by Crippen LogP contribution is 2.25. The molecule has 1 aliphatic rings. The topological polar surface area (TPSA) is 69.6 Å². The third-order valence-electron chi connectivity index (χ3n) is 2.71. The van der Waals surface area contributed by atoms with Gasteiger partial charge in [-0.25, -0.2) is 9.18 Å². The summed E-state index contributed by atoms with van der Waals surface area (Å²) in [7, 11) is 0. The van der Waals surface area contributed by atoms with Crippen LogP contribution in [0.4, 0.5) is 14.9 Å². The number of benzene rings is 1. The van der Waals surface area contributed by atoms with Crippen molar-refractivity contribution in [3.05, 3.63) is 28.5 Å². The molecule has 5 nitrogen and oxygen atoms in total. The van der Waals surface area contributed by atoms with Gasteiger partial charge in [0.05, 0.1) is 11.6 Å². The molecule has 2 N–H and O–H groups in total. The fraction of sp³-hybridized carbons (Fsp3) is 0.273. The van der Waals surface area contributed by atoms with Crippen molar-refractivity contribution in [1.82, 2.24) is 4.90 Å². The predicted molar refractivity (Wildman–Crippen MR) is 65.8 cm³/mol. The average molecular weight is 317 g/mol. The van der Waals surface area contributed by atoms with Crippen molar-refractivity contribution < 1.29 is 19.1 Å². The molecule has 1 aromatic carbocycles. The number of nitrogens with one attached hydrogen (secondary N) is 1. The number of rotatable bonds is 2. The summed E-state index contributed by atoms with van der Waals surface area (Å²) in [5, 5.41) is 11.2. The second kappa shape index (κ2) is 4.93. The molecule has 0 radical (unpaired) electrons. The number of likely N-dealkylation sites (tertiary alicyclic amines) is 1. The molecule has 96 valence electrons. The van der Waals surface area contributed by atoms with Gasteiger partial charge in [-0.1, -0.05) is 0 Å². The Morgan fingerprint density at radius 3 is 2.72 bits per heavy atom. The summed E-state index contributed by atoms with van der Waals surface area (Å²) < 4.78 is 13.6. The minimum absolute atomic E-state index is 0.175. The number of nitrogens with zero attached hydrogens (tertiary/aromatic N) is 1. The van der Waals surface area contributed by atoms with E-state index in [0.717, 1.165) is 4.90 Å². The molecule has 0 atom stereocenters. The van der Waals surface area contributed by atoms with E-state index >= 15 is 0 Å². The fourth-order valence-electron chi connectivity index (χ4n) is 1.63. The summed E-state index contributed by atoms with van der Waals surface area (Å²) in [6.07, 6.45) is -1.04. The van der Waals surface area contributed by atoms with Crippen molar-refractivity contribution in [3.8, 4) is 0 Å². The Hall–Kier alpha value is -1.63. The van der Waals surface area contributed by atoms with Crippen molar-refractivity contribution >= 4 is 33.6 Å². The van der Waals surface area contributed by atoms with Crippen LogP contribution in [0.25, 0.3) is 0 Å². The number of anilines is 1. The second-order valence-corrected chi connectivity index (χ2v) is 4.85. The number of halogens is 2. The van der Waals surface area contributed by atoms with E-state index in [4.69, 9.17) is 5.11 Å². The zero-order chi connectivity index (χ0) is 13.3. The Morgan fingerprint density at radius 2 is 2.11 bits per heavy atom. The van der Waals surface area contributed by atoms with E-state index in [-0.39, 0.29) is 24.9 Å². The molecule has 0 bridgehead atoms. The molecule has 1 aliphatic heterocycles. The second-order valence-electron chi connectivity index (χ2n) is 4.00. The molecule has 18 heavy (non-hydrogen) atoms. The van der Waals surface area contributed by atoms with E-state index in [1.807, 2.05) is 0 Å². The molecule has 0 unspecified atom stereocenters. The monoisotopic (exact) mass is 316 g/mol. The largest absolute Gasteiger partial charge is 0.465 e. The van der Waals surface area contributed by atoms with Gasteiger partial charge in [0.1, 0.15) is 5.82 Å². The molecule has 1 saturated heterocycles. The summed E-state index contributed by atoms with van der Waals surface area (Å²) in [4.78, 5) is 23.4. The van der Waals surface area contributed by atoms with Crippen LogP contribution in [0.2, 0.25) is 0 Å². The lowest BCUT2D eigenvalue weighted by Crippen LogP contribution is -2.53. The zero-order valence-corrected chi connectivity index (χ0v) is 10.8. The van der Waals surface area contributed by atoms with Gasteiger partial charge in [-0.2, -0.15) is 0 Å². The summed E-state index contributed by atoms with van der Waals surface area (Å²) >= 11 is 3.20. The van der Waals surface area contributed by atoms with Crippen molar-refractivity contribution in [1.29, 1.82) is 0 Å². The van der Waals surface area contributed by atoms with E-state index in [1.54, 1.807) is 0 Å². The molecule has 0 aromatic heterocycles. The Labute approximate surface area is 111 Å². The first kappa shape index (κ1) is 12.8. The highest BCUT2D eigenvalue weighted by atomic mass is 79.9. The van der Waals surface area contributed by atoms with Crippen molar-refractivity contribution in [2.75, 3.05) is 18.4 Å². The number of carbonyl (C=O) groups excluding carboxylic acids is 1. The average Bonchev–Trinajstić information content (AvgIpc) is 2.20. The highest BCUT2D eigenvalue weighted by Gasteiger charge is 2.35. The van der Waals surface area contributed by atoms with Crippen LogP contribution in [0.5, 0.6) is 0 Å². The van der Waals surface area contributed by atoms with Crippen LogP contribution in [0, 0.1) is 11.7 Å². The van der Waals surface area contributed by atoms with Crippen LogP contribution >= 0.6 is 15.9 Å². The molecule has 0 spiro atoms. The molecule has 2 rings (SSSR count). The zero-order valence-electron chi connectivity index (χ0n) is 9.19. The van der Waals surface area contributed by atoms with Crippen LogP contribution in [-0.4, -0.2) is 35.1 Å². The molecular weight excluding hydrogens is 307 g/mol. The maximum absolute atomic E-state index is 13.0. The third kappa shape index (κ3) is 2.61. The minimum Gasteiger partial charge on any atom is -0.465 e. The molecule has 2 amide bonds. The number of hydrogen-bond acceptors (Lipinski definition) is 2. The number of carbonyl (C=O) groups is 2. The van der Waals surface area contributed by atoms with Crippen LogP contribution in [0.1, 0.15) is 0 Å². The van der Waals surface area contributed by atoms with Gasteiger partial charge >= 0.3 is 6.09 Å². The summed E-state index contributed by atoms with van der Waals surface area (Å²) in [5.74, 6) is -1.13. The van der Waals surface area contributed by atoms with E-state index in [1.165, 1.54) is 18.2 Å². The first-order valence-electron chi connectivity index (χ1n) is 5.21. The highest BCUT2D eigenvalue weighted by molar-refractivity contribution is 9.10. The number of hydrogen-bond donors (Lipinski definition) is 2. The number of amides is 2. The normalized spacial score (nSPS) is 15.1. The van der Waals surface area contributed by atoms with Crippen LogP contribution in [0.15, 0.2) is 22.7 Å². The van der Waals surface area contributed by atoms with E-state index in [2.05, 4.69) is 21.2 Å². The standard InChI is InChI=1S/C11H10BrFN2O3/c12-8-2-1-7(13)3-9(8)14-10(16)6-4-15(5-6)11(17)18/h1-3,6H,4-5H2,(H,14,16)(H,17,18). The third-order valence-corrected chi connectivity index (χ3v) is 3.40. The van der Waals surface area contributed by atoms with Gasteiger partial charge in [-0.3, -0.25) is 4.79 Å². The predicted octanol–water partition coefficient (Wildman–Crippen LogP) is 2.14. The molecule has 1 aromatic rings. The molecule has 0 aliphatic carbocycles. The van der Waals surface area contributed by atoms with Crippen LogP contribution < -0.4 is 5.32 Å².